The lowest BCUT2D eigenvalue weighted by Gasteiger charge is -2.27. The van der Waals surface area contributed by atoms with E-state index in [1.807, 2.05) is 10.8 Å². The van der Waals surface area contributed by atoms with Crippen LogP contribution in [0.2, 0.25) is 0 Å². The molecule has 0 saturated heterocycles. The molecule has 2 heterocycles. The number of nitrogen functional groups attached to an aromatic ring is 1. The zero-order chi connectivity index (χ0) is 19.9. The molecule has 0 aliphatic carbocycles. The van der Waals surface area contributed by atoms with Gasteiger partial charge in [0.15, 0.2) is 0 Å². The van der Waals surface area contributed by atoms with Crippen molar-refractivity contribution in [3.05, 3.63) is 60.3 Å². The highest BCUT2D eigenvalue weighted by molar-refractivity contribution is 7.89. The molecule has 0 amide bonds. The van der Waals surface area contributed by atoms with Gasteiger partial charge in [0.25, 0.3) is 0 Å². The Morgan fingerprint density at radius 1 is 1.18 bits per heavy atom. The van der Waals surface area contributed by atoms with Crippen LogP contribution >= 0.6 is 0 Å². The maximum atomic E-state index is 13.4. The summed E-state index contributed by atoms with van der Waals surface area (Å²) in [5, 5.41) is 0. The fraction of sp³-hybridized carbons (Fsp3) is 0.211. The first kappa shape index (κ1) is 18.5. The molecule has 0 saturated carbocycles. The molecule has 0 spiro atoms. The third-order valence-electron chi connectivity index (χ3n) is 4.75. The monoisotopic (exact) mass is 402 g/mol. The Balaban J connectivity index is 1.65. The Kier molecular flexibility index (Phi) is 4.56. The maximum absolute atomic E-state index is 13.4. The van der Waals surface area contributed by atoms with Crippen LogP contribution < -0.4 is 10.5 Å². The number of sulfonamides is 1. The molecule has 9 heteroatoms. The molecule has 1 aromatic heterocycles. The Morgan fingerprint density at radius 2 is 1.96 bits per heavy atom. The number of hydrogen-bond donors (Lipinski definition) is 1. The number of halogens is 1. The molecule has 1 aliphatic rings. The average Bonchev–Trinajstić information content (AvgIpc) is 3.13. The second-order valence-corrected chi connectivity index (χ2v) is 8.37. The van der Waals surface area contributed by atoms with Crippen molar-refractivity contribution < 1.29 is 17.5 Å². The highest BCUT2D eigenvalue weighted by Crippen LogP contribution is 2.30. The highest BCUT2D eigenvalue weighted by atomic mass is 32.2. The molecule has 2 aromatic carbocycles. The SMILES string of the molecule is COc1ccccc1S(=O)(=O)N1CCn2cc(-c3ccc(F)c(N)c3)nc2C1. The first-order chi connectivity index (χ1) is 13.4. The minimum Gasteiger partial charge on any atom is -0.495 e. The molecule has 0 unspecified atom stereocenters. The summed E-state index contributed by atoms with van der Waals surface area (Å²) in [6.07, 6.45) is 1.83. The van der Waals surface area contributed by atoms with E-state index >= 15 is 0 Å². The van der Waals surface area contributed by atoms with Gasteiger partial charge in [-0.3, -0.25) is 0 Å². The molecule has 0 radical (unpaired) electrons. The number of ether oxygens (including phenoxy) is 1. The van der Waals surface area contributed by atoms with Gasteiger partial charge in [0.05, 0.1) is 25.0 Å². The number of rotatable bonds is 4. The van der Waals surface area contributed by atoms with Gasteiger partial charge in [-0.05, 0) is 30.3 Å². The summed E-state index contributed by atoms with van der Waals surface area (Å²) in [4.78, 5) is 4.67. The van der Waals surface area contributed by atoms with Gasteiger partial charge in [0.2, 0.25) is 10.0 Å². The van der Waals surface area contributed by atoms with Gasteiger partial charge < -0.3 is 15.0 Å². The van der Waals surface area contributed by atoms with Crippen LogP contribution in [0, 0.1) is 5.82 Å². The zero-order valence-electron chi connectivity index (χ0n) is 15.2. The lowest BCUT2D eigenvalue weighted by atomic mass is 10.1. The van der Waals surface area contributed by atoms with Crippen LogP contribution in [0.15, 0.2) is 53.6 Å². The van der Waals surface area contributed by atoms with Crippen LogP contribution in [0.1, 0.15) is 5.82 Å². The standard InChI is InChI=1S/C19H19FN4O3S/c1-27-17-4-2-3-5-18(17)28(25,26)24-9-8-23-11-16(22-19(23)12-24)13-6-7-14(20)15(21)10-13/h2-7,10-11H,8-9,12,21H2,1H3. The summed E-state index contributed by atoms with van der Waals surface area (Å²) < 4.78 is 48.1. The van der Waals surface area contributed by atoms with Crippen LogP contribution in [0.4, 0.5) is 10.1 Å². The summed E-state index contributed by atoms with van der Waals surface area (Å²) in [6.45, 7) is 0.916. The molecular weight excluding hydrogens is 383 g/mol. The molecule has 0 atom stereocenters. The van der Waals surface area contributed by atoms with E-state index in [2.05, 4.69) is 4.98 Å². The number of aromatic nitrogens is 2. The van der Waals surface area contributed by atoms with Crippen molar-refractivity contribution in [2.75, 3.05) is 19.4 Å². The number of para-hydroxylation sites is 1. The number of benzene rings is 2. The van der Waals surface area contributed by atoms with Crippen LogP contribution in [0.3, 0.4) is 0 Å². The Labute approximate surface area is 162 Å². The third-order valence-corrected chi connectivity index (χ3v) is 6.63. The minimum atomic E-state index is -3.73. The van der Waals surface area contributed by atoms with Crippen molar-refractivity contribution in [1.82, 2.24) is 13.9 Å². The summed E-state index contributed by atoms with van der Waals surface area (Å²) in [5.74, 6) is 0.434. The van der Waals surface area contributed by atoms with Gasteiger partial charge in [0.1, 0.15) is 22.3 Å². The normalized spacial score (nSPS) is 14.6. The molecule has 0 bridgehead atoms. The molecule has 7 nitrogen and oxygen atoms in total. The zero-order valence-corrected chi connectivity index (χ0v) is 16.0. The lowest BCUT2D eigenvalue weighted by Crippen LogP contribution is -2.38. The van der Waals surface area contributed by atoms with Gasteiger partial charge >= 0.3 is 0 Å². The molecule has 28 heavy (non-hydrogen) atoms. The predicted octanol–water partition coefficient (Wildman–Crippen LogP) is 2.48. The molecular formula is C19H19FN4O3S. The smallest absolute Gasteiger partial charge is 0.247 e. The first-order valence-corrected chi connectivity index (χ1v) is 10.1. The molecule has 0 fully saturated rings. The lowest BCUT2D eigenvalue weighted by molar-refractivity contribution is 0.332. The van der Waals surface area contributed by atoms with E-state index in [1.54, 1.807) is 24.3 Å². The largest absolute Gasteiger partial charge is 0.495 e. The fourth-order valence-corrected chi connectivity index (χ4v) is 4.79. The van der Waals surface area contributed by atoms with E-state index in [0.29, 0.717) is 35.9 Å². The van der Waals surface area contributed by atoms with Crippen LogP contribution in [-0.4, -0.2) is 35.9 Å². The Bertz CT molecular complexity index is 1140. The van der Waals surface area contributed by atoms with Crippen LogP contribution in [-0.2, 0) is 23.1 Å². The second kappa shape index (κ2) is 6.92. The van der Waals surface area contributed by atoms with Crippen molar-refractivity contribution in [1.29, 1.82) is 0 Å². The number of imidazole rings is 1. The summed E-state index contributed by atoms with van der Waals surface area (Å²) in [6, 6.07) is 11.0. The van der Waals surface area contributed by atoms with Gasteiger partial charge in [0, 0.05) is 24.8 Å². The van der Waals surface area contributed by atoms with E-state index in [-0.39, 0.29) is 17.1 Å². The summed E-state index contributed by atoms with van der Waals surface area (Å²) in [5.41, 5.74) is 6.99. The van der Waals surface area contributed by atoms with Gasteiger partial charge in [-0.1, -0.05) is 12.1 Å². The number of methoxy groups -OCH3 is 1. The third kappa shape index (κ3) is 3.12. The van der Waals surface area contributed by atoms with E-state index < -0.39 is 15.8 Å². The van der Waals surface area contributed by atoms with Crippen molar-refractivity contribution in [2.45, 2.75) is 18.0 Å². The van der Waals surface area contributed by atoms with E-state index in [4.69, 9.17) is 10.5 Å². The van der Waals surface area contributed by atoms with Gasteiger partial charge in [-0.15, -0.1) is 0 Å². The van der Waals surface area contributed by atoms with Crippen molar-refractivity contribution in [3.63, 3.8) is 0 Å². The topological polar surface area (TPSA) is 90.5 Å². The number of anilines is 1. The first-order valence-electron chi connectivity index (χ1n) is 8.65. The van der Waals surface area contributed by atoms with E-state index in [0.717, 1.165) is 0 Å². The number of nitrogens with zero attached hydrogens (tertiary/aromatic N) is 3. The highest BCUT2D eigenvalue weighted by Gasteiger charge is 2.31. The maximum Gasteiger partial charge on any atom is 0.247 e. The van der Waals surface area contributed by atoms with Crippen LogP contribution in [0.25, 0.3) is 11.3 Å². The molecule has 146 valence electrons. The second-order valence-electron chi connectivity index (χ2n) is 6.46. The minimum absolute atomic E-state index is 0.0452. The van der Waals surface area contributed by atoms with Gasteiger partial charge in [-0.25, -0.2) is 17.8 Å². The molecule has 4 rings (SSSR count). The number of nitrogens with two attached hydrogens (primary N) is 1. The number of fused-ring (bicyclic) bond motifs is 1. The predicted molar refractivity (Wildman–Crippen MR) is 103 cm³/mol. The summed E-state index contributed by atoms with van der Waals surface area (Å²) >= 11 is 0. The average molecular weight is 402 g/mol. The molecule has 3 aromatic rings. The van der Waals surface area contributed by atoms with Gasteiger partial charge in [-0.2, -0.15) is 4.31 Å². The van der Waals surface area contributed by atoms with Crippen molar-refractivity contribution in [2.24, 2.45) is 0 Å². The Morgan fingerprint density at radius 3 is 2.71 bits per heavy atom. The van der Waals surface area contributed by atoms with E-state index in [1.165, 1.54) is 29.6 Å². The molecule has 1 aliphatic heterocycles. The molecule has 2 N–H and O–H groups in total. The quantitative estimate of drug-likeness (QED) is 0.677. The summed E-state index contributed by atoms with van der Waals surface area (Å²) in [7, 11) is -2.29. The van der Waals surface area contributed by atoms with E-state index in [9.17, 15) is 12.8 Å². The fourth-order valence-electron chi connectivity index (χ4n) is 3.25. The van der Waals surface area contributed by atoms with Crippen molar-refractivity contribution >= 4 is 15.7 Å². The number of hydrogen-bond acceptors (Lipinski definition) is 5. The Hall–Kier alpha value is -2.91. The van der Waals surface area contributed by atoms with Crippen LogP contribution in [0.5, 0.6) is 5.75 Å². The van der Waals surface area contributed by atoms with Crippen molar-refractivity contribution in [3.8, 4) is 17.0 Å².